The van der Waals surface area contributed by atoms with Crippen LogP contribution in [0.3, 0.4) is 0 Å². The number of anilines is 1. The molecule has 1 fully saturated rings. The average molecular weight is 1080 g/mol. The highest BCUT2D eigenvalue weighted by Crippen LogP contribution is 2.43. The van der Waals surface area contributed by atoms with Gasteiger partial charge in [-0.1, -0.05) is 114 Å². The molecular weight excluding hydrogens is 1020 g/mol. The van der Waals surface area contributed by atoms with Crippen LogP contribution < -0.4 is 25.4 Å². The van der Waals surface area contributed by atoms with Crippen molar-refractivity contribution in [3.05, 3.63) is 228 Å². The van der Waals surface area contributed by atoms with E-state index in [0.717, 1.165) is 16.7 Å². The molecular formula is C60H57N11O9. The number of aromatic nitrogens is 7. The summed E-state index contributed by atoms with van der Waals surface area (Å²) in [6, 6.07) is 51.1. The molecule has 0 saturated carbocycles. The van der Waals surface area contributed by atoms with Gasteiger partial charge in [0.15, 0.2) is 23.2 Å². The molecule has 20 heteroatoms. The summed E-state index contributed by atoms with van der Waals surface area (Å²) in [7, 11) is 3.22. The smallest absolute Gasteiger partial charge is 0.280 e. The lowest BCUT2D eigenvalue weighted by Crippen LogP contribution is -2.42. The molecule has 4 atom stereocenters. The first-order valence-corrected chi connectivity index (χ1v) is 25.9. The molecule has 10 rings (SSSR count). The highest BCUT2D eigenvalue weighted by molar-refractivity contribution is 6.10. The maximum absolute atomic E-state index is 13.3. The number of benzene rings is 6. The summed E-state index contributed by atoms with van der Waals surface area (Å²) in [5.41, 5.74) is 3.47. The molecule has 0 bridgehead atoms. The van der Waals surface area contributed by atoms with Crippen LogP contribution in [0.1, 0.15) is 72.5 Å². The minimum absolute atomic E-state index is 0.0366. The monoisotopic (exact) mass is 1080 g/mol. The number of nitrogens with one attached hydrogen (secondary N) is 3. The number of aliphatic hydroxyl groups excluding tert-OH is 1. The molecule has 1 saturated heterocycles. The van der Waals surface area contributed by atoms with Crippen LogP contribution in [-0.2, 0) is 33.0 Å². The molecule has 4 heterocycles. The summed E-state index contributed by atoms with van der Waals surface area (Å²) in [4.78, 5) is 57.1. The van der Waals surface area contributed by atoms with E-state index in [2.05, 4.69) is 46.2 Å². The van der Waals surface area contributed by atoms with Gasteiger partial charge >= 0.3 is 0 Å². The maximum Gasteiger partial charge on any atom is 0.280 e. The normalized spacial score (nSPS) is 16.3. The number of methoxy groups -OCH3 is 2. The van der Waals surface area contributed by atoms with Crippen LogP contribution in [-0.4, -0.2) is 109 Å². The van der Waals surface area contributed by atoms with Crippen molar-refractivity contribution in [2.24, 2.45) is 4.99 Å². The number of aryl methyl sites for hydroxylation is 1. The van der Waals surface area contributed by atoms with E-state index in [1.165, 1.54) is 12.7 Å². The number of rotatable bonds is 21. The standard InChI is InChI=1S/C60H57N11O9/c1-76-47-29-25-44(26-30-47)60(43-23-13-6-14-24-43,45-27-31-48(77-2)32-28-45)79-37-49-51(72)52(58(80-49)71-39-64-50-53(62-38-63-54(50)71)65-55(73)40-17-7-3-8-18-40)78-36-46-35-70(69-68-46)34-16-15-33-61-59(66-56(74)41-19-9-4-10-20-41)67-57(75)42-21-11-5-12-22-42/h3-14,17-32,35,38-39,49,51-52,58,72H,15-16,33-34,36-37H2,1-2H3,(H,62,63,65,73)(H2,61,66,67,74,75)/t49-,51-,52-,58-/m1/s1. The van der Waals surface area contributed by atoms with E-state index in [1.807, 2.05) is 91.0 Å². The lowest BCUT2D eigenvalue weighted by atomic mass is 9.80. The second-order valence-corrected chi connectivity index (χ2v) is 18.6. The summed E-state index contributed by atoms with van der Waals surface area (Å²) < 4.78 is 35.1. The molecule has 0 aliphatic carbocycles. The Morgan fingerprint density at radius 1 is 0.700 bits per heavy atom. The van der Waals surface area contributed by atoms with Gasteiger partial charge in [0.25, 0.3) is 17.7 Å². The van der Waals surface area contributed by atoms with Crippen molar-refractivity contribution in [3.8, 4) is 11.5 Å². The Bertz CT molecular complexity index is 3480. The van der Waals surface area contributed by atoms with Gasteiger partial charge in [-0.15, -0.1) is 5.10 Å². The summed E-state index contributed by atoms with van der Waals surface area (Å²) in [5, 5.41) is 29.9. The minimum Gasteiger partial charge on any atom is -0.497 e. The fourth-order valence-corrected chi connectivity index (χ4v) is 9.37. The van der Waals surface area contributed by atoms with Crippen LogP contribution in [0.2, 0.25) is 0 Å². The number of nitrogens with zero attached hydrogens (tertiary/aromatic N) is 8. The van der Waals surface area contributed by atoms with Gasteiger partial charge in [0.2, 0.25) is 5.96 Å². The molecule has 3 aromatic heterocycles. The molecule has 9 aromatic rings. The van der Waals surface area contributed by atoms with Crippen LogP contribution in [0, 0.1) is 0 Å². The minimum atomic E-state index is -1.28. The molecule has 1 aliphatic rings. The number of imidazole rings is 1. The largest absolute Gasteiger partial charge is 0.497 e. The van der Waals surface area contributed by atoms with Gasteiger partial charge in [-0.2, -0.15) is 4.99 Å². The van der Waals surface area contributed by atoms with E-state index in [1.54, 1.807) is 109 Å². The number of hydrogen-bond acceptors (Lipinski definition) is 14. The summed E-state index contributed by atoms with van der Waals surface area (Å²) in [5.74, 6) is 0.247. The van der Waals surface area contributed by atoms with Crippen molar-refractivity contribution in [2.45, 2.75) is 56.1 Å². The zero-order valence-corrected chi connectivity index (χ0v) is 43.7. The Morgan fingerprint density at radius 2 is 1.29 bits per heavy atom. The Balaban J connectivity index is 0.873. The number of carbonyl (C=O) groups is 3. The van der Waals surface area contributed by atoms with Crippen LogP contribution in [0.15, 0.2) is 194 Å². The molecule has 20 nitrogen and oxygen atoms in total. The number of carbonyl (C=O) groups excluding carboxylic acids is 3. The number of ether oxygens (including phenoxy) is 5. The van der Waals surface area contributed by atoms with E-state index in [4.69, 9.17) is 23.7 Å². The van der Waals surface area contributed by atoms with Gasteiger partial charge in [0, 0.05) is 29.8 Å². The quantitative estimate of drug-likeness (QED) is 0.0235. The van der Waals surface area contributed by atoms with Crippen LogP contribution in [0.5, 0.6) is 11.5 Å². The van der Waals surface area contributed by atoms with Crippen LogP contribution >= 0.6 is 0 Å². The van der Waals surface area contributed by atoms with Crippen molar-refractivity contribution < 1.29 is 43.2 Å². The number of hydrogen-bond donors (Lipinski definition) is 4. The van der Waals surface area contributed by atoms with E-state index in [0.29, 0.717) is 65.5 Å². The Hall–Kier alpha value is -9.47. The van der Waals surface area contributed by atoms with Gasteiger partial charge in [-0.05, 0) is 90.2 Å². The highest BCUT2D eigenvalue weighted by atomic mass is 16.6. The highest BCUT2D eigenvalue weighted by Gasteiger charge is 2.48. The first kappa shape index (κ1) is 53.9. The van der Waals surface area contributed by atoms with Gasteiger partial charge in [-0.25, -0.2) is 15.0 Å². The average Bonchev–Trinajstić information content (AvgIpc) is 4.31. The second-order valence-electron chi connectivity index (χ2n) is 18.6. The van der Waals surface area contributed by atoms with Crippen molar-refractivity contribution in [3.63, 3.8) is 0 Å². The molecule has 0 unspecified atom stereocenters. The molecule has 80 heavy (non-hydrogen) atoms. The Morgan fingerprint density at radius 3 is 1.91 bits per heavy atom. The predicted octanol–water partition coefficient (Wildman–Crippen LogP) is 7.54. The number of fused-ring (bicyclic) bond motifs is 1. The topological polar surface area (TPSA) is 240 Å². The SMILES string of the molecule is COc1ccc(C(OC[C@H]2O[C@@H](n3cnc4c(NC(=O)c5ccccc5)ncnc43)[C@H](OCc3cn(CCCCN/C(=N/C(=O)c4ccccc4)NC(=O)c4ccccc4)nn3)[C@@H]2O)(c2ccccc2)c2ccc(OC)cc2)cc1. The third-order valence-electron chi connectivity index (χ3n) is 13.5. The number of unbranched alkanes of at least 4 members (excludes halogenated alkanes) is 1. The van der Waals surface area contributed by atoms with E-state index in [-0.39, 0.29) is 36.4 Å². The fraction of sp³-hybridized carbons (Fsp3) is 0.217. The number of aliphatic hydroxyl groups is 1. The number of guanidine groups is 1. The second kappa shape index (κ2) is 25.3. The summed E-state index contributed by atoms with van der Waals surface area (Å²) in [6.45, 7) is 0.658. The lowest BCUT2D eigenvalue weighted by Gasteiger charge is -2.37. The predicted molar refractivity (Wildman–Crippen MR) is 296 cm³/mol. The van der Waals surface area contributed by atoms with Gasteiger partial charge in [0.1, 0.15) is 47.4 Å². The first-order valence-electron chi connectivity index (χ1n) is 25.9. The van der Waals surface area contributed by atoms with Crippen LogP contribution in [0.4, 0.5) is 5.82 Å². The van der Waals surface area contributed by atoms with Gasteiger partial charge in [0.05, 0.1) is 40.0 Å². The number of amides is 3. The van der Waals surface area contributed by atoms with E-state index < -0.39 is 42.0 Å². The van der Waals surface area contributed by atoms with Crippen molar-refractivity contribution >= 4 is 40.7 Å². The fourth-order valence-electron chi connectivity index (χ4n) is 9.37. The summed E-state index contributed by atoms with van der Waals surface area (Å²) in [6.07, 6.45) is 1.50. The molecule has 3 amide bonds. The molecule has 4 N–H and O–H groups in total. The third kappa shape index (κ3) is 12.3. The molecule has 6 aromatic carbocycles. The lowest BCUT2D eigenvalue weighted by molar-refractivity contribution is -0.0969. The zero-order valence-electron chi connectivity index (χ0n) is 43.7. The van der Waals surface area contributed by atoms with Crippen molar-refractivity contribution in [1.29, 1.82) is 0 Å². The van der Waals surface area contributed by atoms with Gasteiger partial charge in [-0.3, -0.25) is 28.9 Å². The van der Waals surface area contributed by atoms with Crippen molar-refractivity contribution in [1.82, 2.24) is 45.1 Å². The molecule has 0 radical (unpaired) electrons. The van der Waals surface area contributed by atoms with Crippen molar-refractivity contribution in [2.75, 3.05) is 32.7 Å². The van der Waals surface area contributed by atoms with E-state index >= 15 is 0 Å². The zero-order chi connectivity index (χ0) is 55.3. The molecule has 1 aliphatic heterocycles. The maximum atomic E-state index is 13.3. The summed E-state index contributed by atoms with van der Waals surface area (Å²) >= 11 is 0. The molecule has 406 valence electrons. The number of aliphatic imine (C=N–C) groups is 1. The van der Waals surface area contributed by atoms with E-state index in [9.17, 15) is 19.5 Å². The molecule has 0 spiro atoms. The van der Waals surface area contributed by atoms with Crippen LogP contribution in [0.25, 0.3) is 11.2 Å². The van der Waals surface area contributed by atoms with Gasteiger partial charge < -0.3 is 39.4 Å². The third-order valence-corrected chi connectivity index (χ3v) is 13.5. The first-order chi connectivity index (χ1) is 39.2. The Labute approximate surface area is 460 Å². The Kier molecular flexibility index (Phi) is 17.1.